The maximum absolute atomic E-state index is 12.3. The molecule has 1 aliphatic heterocycles. The van der Waals surface area contributed by atoms with Crippen molar-refractivity contribution in [2.45, 2.75) is 31.3 Å². The number of halogens is 2. The molecule has 1 unspecified atom stereocenters. The molecule has 1 aliphatic carbocycles. The SMILES string of the molecule is O=c1[nH]cc(C2=Nn3ccnc3C([C@H]3C[C@@H]3c3ccc(OC(F)F)cn3)C2)c(=O)[nH]1. The van der Waals surface area contributed by atoms with Crippen LogP contribution in [0.2, 0.25) is 0 Å². The van der Waals surface area contributed by atoms with Crippen molar-refractivity contribution in [1.29, 1.82) is 0 Å². The number of hydrogen-bond acceptors (Lipinski definition) is 6. The van der Waals surface area contributed by atoms with Gasteiger partial charge in [0, 0.05) is 42.5 Å². The van der Waals surface area contributed by atoms with E-state index in [2.05, 4.69) is 29.8 Å². The Morgan fingerprint density at radius 3 is 2.80 bits per heavy atom. The summed E-state index contributed by atoms with van der Waals surface area (Å²) in [5, 5.41) is 4.49. The number of nitrogens with zero attached hydrogens (tertiary/aromatic N) is 4. The Hall–Kier alpha value is -3.63. The van der Waals surface area contributed by atoms with Crippen LogP contribution in [0.5, 0.6) is 5.75 Å². The normalized spacial score (nSPS) is 22.5. The Labute approximate surface area is 167 Å². The van der Waals surface area contributed by atoms with Crippen LogP contribution >= 0.6 is 0 Å². The van der Waals surface area contributed by atoms with Crippen molar-refractivity contribution in [3.05, 3.63) is 74.8 Å². The molecule has 154 valence electrons. The quantitative estimate of drug-likeness (QED) is 0.660. The number of rotatable bonds is 5. The minimum Gasteiger partial charge on any atom is -0.433 e. The smallest absolute Gasteiger partial charge is 0.387 e. The number of nitrogens with one attached hydrogen (secondary N) is 2. The molecule has 2 aliphatic rings. The third-order valence-electron chi connectivity index (χ3n) is 5.47. The van der Waals surface area contributed by atoms with Crippen LogP contribution in [0.25, 0.3) is 0 Å². The van der Waals surface area contributed by atoms with Crippen molar-refractivity contribution in [1.82, 2.24) is 24.6 Å². The van der Waals surface area contributed by atoms with E-state index in [0.29, 0.717) is 17.7 Å². The van der Waals surface area contributed by atoms with Gasteiger partial charge in [0.25, 0.3) is 5.56 Å². The van der Waals surface area contributed by atoms with E-state index in [4.69, 9.17) is 0 Å². The Bertz CT molecular complexity index is 1230. The van der Waals surface area contributed by atoms with Crippen molar-refractivity contribution in [2.24, 2.45) is 11.0 Å². The standard InChI is InChI=1S/C19H16F2N6O3/c20-18(21)30-9-1-2-14(23-7-9)11-5-10(11)12-6-15(26-27-4-3-22-16(12)27)13-8-24-19(29)25-17(13)28/h1-4,7-8,10-12,18H,5-6H2,(H2,24,25,28,29)/t10-,11-,12?/m0/s1. The Kier molecular flexibility index (Phi) is 4.30. The fraction of sp³-hybridized carbons (Fsp3) is 0.316. The van der Waals surface area contributed by atoms with E-state index in [-0.39, 0.29) is 23.5 Å². The zero-order valence-corrected chi connectivity index (χ0v) is 15.5. The Morgan fingerprint density at radius 1 is 1.20 bits per heavy atom. The van der Waals surface area contributed by atoms with Crippen molar-refractivity contribution >= 4 is 5.71 Å². The number of fused-ring (bicyclic) bond motifs is 1. The lowest BCUT2D eigenvalue weighted by Crippen LogP contribution is -2.30. The fourth-order valence-corrected chi connectivity index (χ4v) is 4.04. The van der Waals surface area contributed by atoms with Gasteiger partial charge in [0.05, 0.1) is 17.5 Å². The molecule has 3 aromatic rings. The Morgan fingerprint density at radius 2 is 2.07 bits per heavy atom. The van der Waals surface area contributed by atoms with Gasteiger partial charge in [-0.2, -0.15) is 13.9 Å². The van der Waals surface area contributed by atoms with Gasteiger partial charge in [-0.1, -0.05) is 0 Å². The van der Waals surface area contributed by atoms with Gasteiger partial charge in [0.15, 0.2) is 0 Å². The van der Waals surface area contributed by atoms with Crippen LogP contribution in [0.4, 0.5) is 8.78 Å². The number of hydrogen-bond donors (Lipinski definition) is 2. The molecule has 0 spiro atoms. The van der Waals surface area contributed by atoms with Crippen LogP contribution in [-0.4, -0.2) is 36.9 Å². The van der Waals surface area contributed by atoms with Gasteiger partial charge in [-0.15, -0.1) is 0 Å². The van der Waals surface area contributed by atoms with E-state index in [0.717, 1.165) is 17.9 Å². The van der Waals surface area contributed by atoms with Crippen molar-refractivity contribution in [3.63, 3.8) is 0 Å². The number of ether oxygens (including phenoxy) is 1. The predicted octanol–water partition coefficient (Wildman–Crippen LogP) is 1.80. The molecule has 0 amide bonds. The summed E-state index contributed by atoms with van der Waals surface area (Å²) in [6.45, 7) is -2.89. The van der Waals surface area contributed by atoms with Gasteiger partial charge in [-0.05, 0) is 24.5 Å². The summed E-state index contributed by atoms with van der Waals surface area (Å²) >= 11 is 0. The number of pyridine rings is 1. The minimum absolute atomic E-state index is 0.00242. The highest BCUT2D eigenvalue weighted by Gasteiger charge is 2.48. The molecule has 0 saturated heterocycles. The van der Waals surface area contributed by atoms with Crippen molar-refractivity contribution in [2.75, 3.05) is 0 Å². The first kappa shape index (κ1) is 18.4. The molecule has 5 rings (SSSR count). The third kappa shape index (κ3) is 3.31. The first-order valence-corrected chi connectivity index (χ1v) is 9.34. The topological polar surface area (TPSA) is 118 Å². The van der Waals surface area contributed by atoms with Crippen molar-refractivity contribution in [3.8, 4) is 5.75 Å². The second-order valence-corrected chi connectivity index (χ2v) is 7.28. The molecule has 4 heterocycles. The summed E-state index contributed by atoms with van der Waals surface area (Å²) in [4.78, 5) is 36.9. The second-order valence-electron chi connectivity index (χ2n) is 7.28. The van der Waals surface area contributed by atoms with Gasteiger partial charge in [-0.3, -0.25) is 14.8 Å². The van der Waals surface area contributed by atoms with E-state index in [9.17, 15) is 18.4 Å². The van der Waals surface area contributed by atoms with Crippen LogP contribution in [0.1, 0.15) is 41.8 Å². The lowest BCUT2D eigenvalue weighted by molar-refractivity contribution is -0.0500. The van der Waals surface area contributed by atoms with Crippen molar-refractivity contribution < 1.29 is 13.5 Å². The van der Waals surface area contributed by atoms with Crippen LogP contribution < -0.4 is 16.0 Å². The molecule has 0 radical (unpaired) electrons. The summed E-state index contributed by atoms with van der Waals surface area (Å²) < 4.78 is 30.6. The molecule has 2 N–H and O–H groups in total. The van der Waals surface area contributed by atoms with Gasteiger partial charge >= 0.3 is 12.3 Å². The molecule has 1 saturated carbocycles. The molecule has 3 aromatic heterocycles. The van der Waals surface area contributed by atoms with E-state index >= 15 is 0 Å². The fourth-order valence-electron chi connectivity index (χ4n) is 4.04. The van der Waals surface area contributed by atoms with Gasteiger partial charge in [-0.25, -0.2) is 14.5 Å². The van der Waals surface area contributed by atoms with Gasteiger partial charge in [0.2, 0.25) is 0 Å². The monoisotopic (exact) mass is 414 g/mol. The molecule has 1 fully saturated rings. The van der Waals surface area contributed by atoms with E-state index in [1.807, 2.05) is 0 Å². The Balaban J connectivity index is 1.40. The molecule has 0 bridgehead atoms. The summed E-state index contributed by atoms with van der Waals surface area (Å²) in [6.07, 6.45) is 7.37. The van der Waals surface area contributed by atoms with Gasteiger partial charge in [0.1, 0.15) is 11.6 Å². The number of H-pyrrole nitrogens is 2. The highest BCUT2D eigenvalue weighted by atomic mass is 19.3. The van der Waals surface area contributed by atoms with E-state index in [1.54, 1.807) is 23.1 Å². The lowest BCUT2D eigenvalue weighted by atomic mass is 9.91. The molecule has 30 heavy (non-hydrogen) atoms. The first-order chi connectivity index (χ1) is 14.5. The number of aromatic nitrogens is 5. The van der Waals surface area contributed by atoms with Gasteiger partial charge < -0.3 is 9.72 Å². The first-order valence-electron chi connectivity index (χ1n) is 9.34. The average Bonchev–Trinajstić information content (AvgIpc) is 3.35. The zero-order chi connectivity index (χ0) is 20.8. The van der Waals surface area contributed by atoms with Crippen LogP contribution in [-0.2, 0) is 0 Å². The third-order valence-corrected chi connectivity index (χ3v) is 5.47. The largest absolute Gasteiger partial charge is 0.433 e. The second kappa shape index (κ2) is 7.01. The average molecular weight is 414 g/mol. The van der Waals surface area contributed by atoms with Crippen LogP contribution in [0, 0.1) is 5.92 Å². The summed E-state index contributed by atoms with van der Waals surface area (Å²) in [5.74, 6) is 1.18. The predicted molar refractivity (Wildman–Crippen MR) is 101 cm³/mol. The summed E-state index contributed by atoms with van der Waals surface area (Å²) in [5.41, 5.74) is 0.590. The van der Waals surface area contributed by atoms with E-state index in [1.165, 1.54) is 18.5 Å². The molecule has 11 heteroatoms. The summed E-state index contributed by atoms with van der Waals surface area (Å²) in [7, 11) is 0. The maximum Gasteiger partial charge on any atom is 0.387 e. The molecule has 3 atom stereocenters. The van der Waals surface area contributed by atoms with Crippen LogP contribution in [0.15, 0.2) is 51.6 Å². The molecular formula is C19H16F2N6O3. The minimum atomic E-state index is -2.89. The maximum atomic E-state index is 12.3. The number of alkyl halides is 2. The van der Waals surface area contributed by atoms with E-state index < -0.39 is 17.9 Å². The summed E-state index contributed by atoms with van der Waals surface area (Å²) in [6, 6.07) is 3.18. The molecule has 9 nitrogen and oxygen atoms in total. The lowest BCUT2D eigenvalue weighted by Gasteiger charge is -2.22. The molecular weight excluding hydrogens is 398 g/mol. The number of imidazole rings is 1. The number of aromatic amines is 2. The highest BCUT2D eigenvalue weighted by Crippen LogP contribution is 2.56. The highest BCUT2D eigenvalue weighted by molar-refractivity contribution is 6.00. The zero-order valence-electron chi connectivity index (χ0n) is 15.5. The molecule has 0 aromatic carbocycles. The van der Waals surface area contributed by atoms with Crippen LogP contribution in [0.3, 0.4) is 0 Å².